The first-order valence-electron chi connectivity index (χ1n) is 5.70. The Bertz CT molecular complexity index is 480. The van der Waals surface area contributed by atoms with Gasteiger partial charge in [0.05, 0.1) is 19.6 Å². The molecule has 0 spiro atoms. The third kappa shape index (κ3) is 1.86. The maximum atomic E-state index is 11.6. The van der Waals surface area contributed by atoms with Gasteiger partial charge in [-0.1, -0.05) is 22.4 Å². The van der Waals surface area contributed by atoms with Crippen molar-refractivity contribution in [3.63, 3.8) is 0 Å². The predicted octanol–water partition coefficient (Wildman–Crippen LogP) is 2.97. The van der Waals surface area contributed by atoms with E-state index in [0.717, 1.165) is 10.9 Å². The molecule has 1 N–H and O–H groups in total. The summed E-state index contributed by atoms with van der Waals surface area (Å²) < 4.78 is 11.2. The maximum Gasteiger partial charge on any atom is 0.314 e. The van der Waals surface area contributed by atoms with Gasteiger partial charge in [0.1, 0.15) is 11.5 Å². The molecule has 1 aromatic rings. The van der Waals surface area contributed by atoms with Crippen LogP contribution in [0.1, 0.15) is 24.8 Å². The number of rotatable bonds is 4. The number of hydrogen-bond acceptors (Lipinski definition) is 3. The Kier molecular flexibility index (Phi) is 3.52. The van der Waals surface area contributed by atoms with Crippen molar-refractivity contribution in [3.05, 3.63) is 22.2 Å². The summed E-state index contributed by atoms with van der Waals surface area (Å²) in [5.74, 6) is 0.406. The number of aliphatic carboxylic acids is 1. The van der Waals surface area contributed by atoms with Crippen LogP contribution in [0.15, 0.2) is 16.6 Å². The first-order valence-corrected chi connectivity index (χ1v) is 6.50. The van der Waals surface area contributed by atoms with Crippen LogP contribution in [0.5, 0.6) is 11.5 Å². The second kappa shape index (κ2) is 4.80. The van der Waals surface area contributed by atoms with E-state index in [9.17, 15) is 9.90 Å². The molecule has 0 saturated heterocycles. The second-order valence-electron chi connectivity index (χ2n) is 4.43. The third-order valence-corrected chi connectivity index (χ3v) is 4.20. The molecule has 18 heavy (non-hydrogen) atoms. The van der Waals surface area contributed by atoms with Gasteiger partial charge in [0.15, 0.2) is 0 Å². The van der Waals surface area contributed by atoms with Gasteiger partial charge in [0.2, 0.25) is 0 Å². The van der Waals surface area contributed by atoms with Gasteiger partial charge < -0.3 is 14.6 Å². The Labute approximate surface area is 114 Å². The van der Waals surface area contributed by atoms with Crippen LogP contribution in [-0.2, 0) is 10.2 Å². The SMILES string of the molecule is COc1cc(Br)c(C2(C(=O)O)CCC2)c(OC)c1. The van der Waals surface area contributed by atoms with Gasteiger partial charge in [-0.2, -0.15) is 0 Å². The average molecular weight is 315 g/mol. The predicted molar refractivity (Wildman–Crippen MR) is 70.4 cm³/mol. The van der Waals surface area contributed by atoms with Crippen LogP contribution < -0.4 is 9.47 Å². The van der Waals surface area contributed by atoms with E-state index in [-0.39, 0.29) is 0 Å². The summed E-state index contributed by atoms with van der Waals surface area (Å²) in [5.41, 5.74) is -0.110. The van der Waals surface area contributed by atoms with E-state index in [1.165, 1.54) is 0 Å². The lowest BCUT2D eigenvalue weighted by molar-refractivity contribution is -0.147. The minimum absolute atomic E-state index is 0.559. The van der Waals surface area contributed by atoms with E-state index in [1.54, 1.807) is 26.4 Å². The third-order valence-electron chi connectivity index (χ3n) is 3.58. The van der Waals surface area contributed by atoms with Crippen molar-refractivity contribution in [3.8, 4) is 11.5 Å². The van der Waals surface area contributed by atoms with E-state index >= 15 is 0 Å². The Morgan fingerprint density at radius 1 is 1.33 bits per heavy atom. The first-order chi connectivity index (χ1) is 8.55. The fourth-order valence-corrected chi connectivity index (χ4v) is 3.20. The molecule has 0 radical (unpaired) electrons. The van der Waals surface area contributed by atoms with Gasteiger partial charge in [-0.25, -0.2) is 0 Å². The highest BCUT2D eigenvalue weighted by Gasteiger charge is 2.49. The van der Waals surface area contributed by atoms with E-state index in [4.69, 9.17) is 9.47 Å². The number of carboxylic acids is 1. The average Bonchev–Trinajstić information content (AvgIpc) is 2.28. The minimum Gasteiger partial charge on any atom is -0.497 e. The molecule has 0 amide bonds. The van der Waals surface area contributed by atoms with E-state index in [0.29, 0.717) is 29.9 Å². The highest BCUT2D eigenvalue weighted by molar-refractivity contribution is 9.10. The Hall–Kier alpha value is -1.23. The van der Waals surface area contributed by atoms with Crippen LogP contribution in [0, 0.1) is 0 Å². The number of carbonyl (C=O) groups is 1. The number of halogens is 1. The number of methoxy groups -OCH3 is 2. The molecule has 0 aromatic heterocycles. The summed E-state index contributed by atoms with van der Waals surface area (Å²) in [6.07, 6.45) is 2.21. The van der Waals surface area contributed by atoms with E-state index in [1.807, 2.05) is 0 Å². The molecule has 0 bridgehead atoms. The molecule has 1 aliphatic carbocycles. The Balaban J connectivity index is 2.59. The van der Waals surface area contributed by atoms with Gasteiger partial charge in [-0.15, -0.1) is 0 Å². The van der Waals surface area contributed by atoms with Crippen LogP contribution in [0.3, 0.4) is 0 Å². The van der Waals surface area contributed by atoms with E-state index < -0.39 is 11.4 Å². The lowest BCUT2D eigenvalue weighted by Crippen LogP contribution is -2.42. The maximum absolute atomic E-state index is 11.6. The van der Waals surface area contributed by atoms with Crippen LogP contribution >= 0.6 is 15.9 Å². The van der Waals surface area contributed by atoms with Crippen LogP contribution in [0.2, 0.25) is 0 Å². The van der Waals surface area contributed by atoms with Gasteiger partial charge in [-0.05, 0) is 18.9 Å². The molecule has 0 heterocycles. The Morgan fingerprint density at radius 3 is 2.39 bits per heavy atom. The zero-order chi connectivity index (χ0) is 13.3. The zero-order valence-electron chi connectivity index (χ0n) is 10.3. The van der Waals surface area contributed by atoms with Crippen molar-refractivity contribution in [2.24, 2.45) is 0 Å². The number of hydrogen-bond donors (Lipinski definition) is 1. The molecule has 0 atom stereocenters. The van der Waals surface area contributed by atoms with Crippen LogP contribution in [-0.4, -0.2) is 25.3 Å². The highest BCUT2D eigenvalue weighted by atomic mass is 79.9. The van der Waals surface area contributed by atoms with Crippen molar-refractivity contribution in [1.82, 2.24) is 0 Å². The number of ether oxygens (including phenoxy) is 2. The van der Waals surface area contributed by atoms with E-state index in [2.05, 4.69) is 15.9 Å². The quantitative estimate of drug-likeness (QED) is 0.928. The summed E-state index contributed by atoms with van der Waals surface area (Å²) in [7, 11) is 3.11. The summed E-state index contributed by atoms with van der Waals surface area (Å²) in [4.78, 5) is 11.6. The number of carboxylic acid groups (broad SMARTS) is 1. The zero-order valence-corrected chi connectivity index (χ0v) is 11.9. The fraction of sp³-hybridized carbons (Fsp3) is 0.462. The molecular formula is C13H15BrO4. The van der Waals surface area contributed by atoms with Gasteiger partial charge in [-0.3, -0.25) is 4.79 Å². The summed E-state index contributed by atoms with van der Waals surface area (Å²) in [6.45, 7) is 0. The van der Waals surface area contributed by atoms with Crippen molar-refractivity contribution >= 4 is 21.9 Å². The largest absolute Gasteiger partial charge is 0.497 e. The highest BCUT2D eigenvalue weighted by Crippen LogP contribution is 2.51. The van der Waals surface area contributed by atoms with Crippen molar-refractivity contribution < 1.29 is 19.4 Å². The van der Waals surface area contributed by atoms with Crippen LogP contribution in [0.4, 0.5) is 0 Å². The molecule has 1 aromatic carbocycles. The van der Waals surface area contributed by atoms with Crippen molar-refractivity contribution in [2.45, 2.75) is 24.7 Å². The fourth-order valence-electron chi connectivity index (χ4n) is 2.40. The second-order valence-corrected chi connectivity index (χ2v) is 5.28. The van der Waals surface area contributed by atoms with Crippen molar-refractivity contribution in [1.29, 1.82) is 0 Å². The molecule has 2 rings (SSSR count). The summed E-state index contributed by atoms with van der Waals surface area (Å²) >= 11 is 3.44. The molecule has 0 unspecified atom stereocenters. The smallest absolute Gasteiger partial charge is 0.314 e. The standard InChI is InChI=1S/C13H15BrO4/c1-17-8-6-9(14)11(10(7-8)18-2)13(12(15)16)4-3-5-13/h6-7H,3-5H2,1-2H3,(H,15,16). The Morgan fingerprint density at radius 2 is 2.00 bits per heavy atom. The monoisotopic (exact) mass is 314 g/mol. The minimum atomic E-state index is -0.823. The lowest BCUT2D eigenvalue weighted by atomic mass is 9.64. The summed E-state index contributed by atoms with van der Waals surface area (Å²) in [5, 5.41) is 9.50. The molecule has 98 valence electrons. The molecule has 4 nitrogen and oxygen atoms in total. The normalized spacial score (nSPS) is 16.8. The lowest BCUT2D eigenvalue weighted by Gasteiger charge is -2.39. The van der Waals surface area contributed by atoms with Crippen LogP contribution in [0.25, 0.3) is 0 Å². The summed E-state index contributed by atoms with van der Waals surface area (Å²) in [6, 6.07) is 3.50. The molecule has 0 aliphatic heterocycles. The molecule has 1 fully saturated rings. The number of benzene rings is 1. The van der Waals surface area contributed by atoms with Crippen molar-refractivity contribution in [2.75, 3.05) is 14.2 Å². The van der Waals surface area contributed by atoms with Gasteiger partial charge in [0.25, 0.3) is 0 Å². The molecular weight excluding hydrogens is 300 g/mol. The molecule has 5 heteroatoms. The molecule has 1 aliphatic rings. The van der Waals surface area contributed by atoms with Gasteiger partial charge >= 0.3 is 5.97 Å². The van der Waals surface area contributed by atoms with Gasteiger partial charge in [0, 0.05) is 16.1 Å². The molecule has 1 saturated carbocycles. The topological polar surface area (TPSA) is 55.8 Å². The first kappa shape index (κ1) is 13.2.